The summed E-state index contributed by atoms with van der Waals surface area (Å²) in [6.07, 6.45) is 2.34. The number of nitrogens with zero attached hydrogens (tertiary/aromatic N) is 1. The molecule has 0 bridgehead atoms. The minimum atomic E-state index is 0.250. The van der Waals surface area contributed by atoms with Gasteiger partial charge >= 0.3 is 0 Å². The molecule has 0 aliphatic heterocycles. The maximum atomic E-state index is 3.69. The molecule has 2 heteroatoms. The van der Waals surface area contributed by atoms with Gasteiger partial charge in [-0.2, -0.15) is 0 Å². The molecular weight excluding hydrogens is 232 g/mol. The fourth-order valence-corrected chi connectivity index (χ4v) is 3.10. The number of hydrogen-bond acceptors (Lipinski definition) is 2. The third kappa shape index (κ3) is 2.70. The van der Waals surface area contributed by atoms with Gasteiger partial charge in [-0.15, -0.1) is 0 Å². The van der Waals surface area contributed by atoms with Crippen molar-refractivity contribution in [1.29, 1.82) is 0 Å². The Balaban J connectivity index is 2.28. The van der Waals surface area contributed by atoms with Crippen LogP contribution in [-0.4, -0.2) is 30.1 Å². The lowest BCUT2D eigenvalue weighted by Crippen LogP contribution is -2.51. The first-order valence-corrected chi connectivity index (χ1v) is 7.55. The predicted octanol–water partition coefficient (Wildman–Crippen LogP) is 3.38. The van der Waals surface area contributed by atoms with Crippen LogP contribution >= 0.6 is 0 Å². The van der Waals surface area contributed by atoms with Crippen molar-refractivity contribution in [2.24, 2.45) is 0 Å². The summed E-state index contributed by atoms with van der Waals surface area (Å²) < 4.78 is 0. The summed E-state index contributed by atoms with van der Waals surface area (Å²) in [4.78, 5) is 2.57. The number of fused-ring (bicyclic) bond motifs is 1. The van der Waals surface area contributed by atoms with Crippen LogP contribution in [-0.2, 0) is 6.42 Å². The summed E-state index contributed by atoms with van der Waals surface area (Å²) in [6.45, 7) is 10.2. The maximum Gasteiger partial charge on any atom is 0.0484 e. The van der Waals surface area contributed by atoms with Gasteiger partial charge in [-0.1, -0.05) is 38.1 Å². The van der Waals surface area contributed by atoms with Crippen LogP contribution in [0.15, 0.2) is 24.3 Å². The molecule has 0 saturated carbocycles. The average molecular weight is 260 g/mol. The molecule has 106 valence electrons. The Kier molecular flexibility index (Phi) is 4.32. The average Bonchev–Trinajstić information content (AvgIpc) is 2.77. The van der Waals surface area contributed by atoms with Crippen LogP contribution in [0.1, 0.15) is 51.3 Å². The van der Waals surface area contributed by atoms with E-state index >= 15 is 0 Å². The molecule has 2 rings (SSSR count). The molecule has 2 atom stereocenters. The van der Waals surface area contributed by atoms with Gasteiger partial charge in [-0.25, -0.2) is 0 Å². The fourth-order valence-electron chi connectivity index (χ4n) is 3.10. The lowest BCUT2D eigenvalue weighted by Gasteiger charge is -2.42. The van der Waals surface area contributed by atoms with Crippen molar-refractivity contribution in [3.05, 3.63) is 35.4 Å². The minimum Gasteiger partial charge on any atom is -0.309 e. The predicted molar refractivity (Wildman–Crippen MR) is 82.5 cm³/mol. The normalized spacial score (nSPS) is 22.8. The molecule has 0 fully saturated rings. The van der Waals surface area contributed by atoms with Gasteiger partial charge in [-0.3, -0.25) is 4.90 Å². The number of likely N-dealkylation sites (N-methyl/N-ethyl adjacent to an activating group) is 2. The van der Waals surface area contributed by atoms with Crippen molar-refractivity contribution < 1.29 is 0 Å². The maximum absolute atomic E-state index is 3.69. The Hall–Kier alpha value is -0.860. The molecule has 0 radical (unpaired) electrons. The van der Waals surface area contributed by atoms with Crippen LogP contribution in [0.2, 0.25) is 0 Å². The van der Waals surface area contributed by atoms with Crippen LogP contribution in [0.4, 0.5) is 0 Å². The lowest BCUT2D eigenvalue weighted by atomic mass is 9.95. The first-order valence-electron chi connectivity index (χ1n) is 7.55. The molecule has 1 aliphatic carbocycles. The number of rotatable bonds is 5. The second kappa shape index (κ2) is 5.64. The van der Waals surface area contributed by atoms with Gasteiger partial charge in [0.25, 0.3) is 0 Å². The summed E-state index contributed by atoms with van der Waals surface area (Å²) in [6, 6.07) is 9.93. The molecule has 1 aromatic carbocycles. The van der Waals surface area contributed by atoms with E-state index in [1.807, 2.05) is 0 Å². The summed E-state index contributed by atoms with van der Waals surface area (Å²) in [5, 5.41) is 3.69. The molecule has 0 amide bonds. The molecule has 19 heavy (non-hydrogen) atoms. The zero-order valence-corrected chi connectivity index (χ0v) is 13.0. The van der Waals surface area contributed by atoms with Crippen LogP contribution in [0, 0.1) is 0 Å². The van der Waals surface area contributed by atoms with Gasteiger partial charge in [-0.05, 0) is 51.4 Å². The van der Waals surface area contributed by atoms with E-state index in [1.54, 1.807) is 0 Å². The smallest absolute Gasteiger partial charge is 0.0484 e. The van der Waals surface area contributed by atoms with Crippen LogP contribution in [0.3, 0.4) is 0 Å². The van der Waals surface area contributed by atoms with Crippen LogP contribution < -0.4 is 5.32 Å². The van der Waals surface area contributed by atoms with E-state index < -0.39 is 0 Å². The topological polar surface area (TPSA) is 15.3 Å². The second-order valence-corrected chi connectivity index (χ2v) is 6.28. The largest absolute Gasteiger partial charge is 0.309 e. The van der Waals surface area contributed by atoms with Gasteiger partial charge < -0.3 is 5.32 Å². The molecule has 0 spiro atoms. The van der Waals surface area contributed by atoms with Gasteiger partial charge in [0, 0.05) is 17.6 Å². The number of hydrogen-bond donors (Lipinski definition) is 1. The van der Waals surface area contributed by atoms with E-state index in [9.17, 15) is 0 Å². The zero-order chi connectivity index (χ0) is 14.0. The van der Waals surface area contributed by atoms with Gasteiger partial charge in [0.2, 0.25) is 0 Å². The molecule has 0 saturated heterocycles. The van der Waals surface area contributed by atoms with Crippen molar-refractivity contribution in [3.8, 4) is 0 Å². The highest BCUT2D eigenvalue weighted by molar-refractivity contribution is 5.37. The van der Waals surface area contributed by atoms with Gasteiger partial charge in [0.05, 0.1) is 0 Å². The molecule has 1 aromatic rings. The highest BCUT2D eigenvalue weighted by Crippen LogP contribution is 2.37. The van der Waals surface area contributed by atoms with Gasteiger partial charge in [0.15, 0.2) is 0 Å². The second-order valence-electron chi connectivity index (χ2n) is 6.28. The van der Waals surface area contributed by atoms with E-state index in [0.29, 0.717) is 12.1 Å². The molecule has 0 heterocycles. The molecule has 1 aliphatic rings. The van der Waals surface area contributed by atoms with Crippen molar-refractivity contribution in [1.82, 2.24) is 10.2 Å². The molecular formula is C17H28N2. The quantitative estimate of drug-likeness (QED) is 0.873. The first-order chi connectivity index (χ1) is 9.01. The van der Waals surface area contributed by atoms with E-state index in [-0.39, 0.29) is 5.54 Å². The fraction of sp³-hybridized carbons (Fsp3) is 0.647. The van der Waals surface area contributed by atoms with E-state index in [2.05, 4.69) is 69.2 Å². The summed E-state index contributed by atoms with van der Waals surface area (Å²) in [5.74, 6) is 0. The zero-order valence-electron chi connectivity index (χ0n) is 13.0. The Labute approximate surface area is 118 Å². The van der Waals surface area contributed by atoms with E-state index in [1.165, 1.54) is 17.5 Å². The first kappa shape index (κ1) is 14.5. The SMILES string of the molecule is CCNC1c2ccccc2CC1N(C)C(C)(C)CC. The molecule has 0 aromatic heterocycles. The molecule has 2 nitrogen and oxygen atoms in total. The highest BCUT2D eigenvalue weighted by Gasteiger charge is 2.38. The third-order valence-corrected chi connectivity index (χ3v) is 4.95. The Morgan fingerprint density at radius 2 is 1.95 bits per heavy atom. The van der Waals surface area contributed by atoms with Crippen molar-refractivity contribution in [2.45, 2.75) is 58.2 Å². The van der Waals surface area contributed by atoms with E-state index in [4.69, 9.17) is 0 Å². The number of nitrogens with one attached hydrogen (secondary N) is 1. The summed E-state index contributed by atoms with van der Waals surface area (Å²) in [5.41, 5.74) is 3.26. The highest BCUT2D eigenvalue weighted by atomic mass is 15.2. The third-order valence-electron chi connectivity index (χ3n) is 4.95. The molecule has 2 unspecified atom stereocenters. The Morgan fingerprint density at radius 3 is 2.58 bits per heavy atom. The van der Waals surface area contributed by atoms with E-state index in [0.717, 1.165) is 13.0 Å². The van der Waals surface area contributed by atoms with Crippen molar-refractivity contribution >= 4 is 0 Å². The van der Waals surface area contributed by atoms with Crippen molar-refractivity contribution in [2.75, 3.05) is 13.6 Å². The summed E-state index contributed by atoms with van der Waals surface area (Å²) in [7, 11) is 2.28. The Morgan fingerprint density at radius 1 is 1.26 bits per heavy atom. The van der Waals surface area contributed by atoms with Crippen LogP contribution in [0.25, 0.3) is 0 Å². The summed E-state index contributed by atoms with van der Waals surface area (Å²) >= 11 is 0. The molecule has 1 N–H and O–H groups in total. The minimum absolute atomic E-state index is 0.250. The standard InChI is InChI=1S/C17H28N2/c1-6-17(3,4)19(5)15-12-13-10-8-9-11-14(13)16(15)18-7-2/h8-11,15-16,18H,6-7,12H2,1-5H3. The lowest BCUT2D eigenvalue weighted by molar-refractivity contribution is 0.0809. The number of benzene rings is 1. The monoisotopic (exact) mass is 260 g/mol. The van der Waals surface area contributed by atoms with Gasteiger partial charge in [0.1, 0.15) is 0 Å². The van der Waals surface area contributed by atoms with Crippen LogP contribution in [0.5, 0.6) is 0 Å². The Bertz CT molecular complexity index is 425. The van der Waals surface area contributed by atoms with Crippen molar-refractivity contribution in [3.63, 3.8) is 0 Å².